The van der Waals surface area contributed by atoms with Gasteiger partial charge in [-0.25, -0.2) is 0 Å². The quantitative estimate of drug-likeness (QED) is 0.276. The van der Waals surface area contributed by atoms with E-state index in [4.69, 9.17) is 11.1 Å². The van der Waals surface area contributed by atoms with E-state index in [1.165, 1.54) is 26.9 Å². The summed E-state index contributed by atoms with van der Waals surface area (Å²) in [6.45, 7) is 0. The van der Waals surface area contributed by atoms with Crippen molar-refractivity contribution in [1.29, 1.82) is 5.41 Å². The average Bonchev–Trinajstić information content (AvgIpc) is 2.46. The number of hydrogen-bond acceptors (Lipinski definition) is 1. The molecule has 0 aromatic heterocycles. The largest absolute Gasteiger partial charge is 0.370 e. The number of rotatable bonds is 1. The van der Waals surface area contributed by atoms with Gasteiger partial charge in [-0.1, -0.05) is 48.5 Å². The second-order valence-corrected chi connectivity index (χ2v) is 5.01. The summed E-state index contributed by atoms with van der Waals surface area (Å²) < 4.78 is 0. The molecule has 3 heteroatoms. The standard InChI is InChI=1S/C17H13N3/c18-17(19)20-14-9-7-12-5-4-10-2-1-3-11-6-8-13(14)16(12)15(10)11/h1-9H,(H4,18,19,20). The molecule has 4 aromatic rings. The SMILES string of the molecule is N=C(N)Nc1ccc2ccc3cccc4ccc1c2c34. The Bertz CT molecular complexity index is 941. The summed E-state index contributed by atoms with van der Waals surface area (Å²) in [5.74, 6) is -0.0416. The molecular formula is C17H13N3. The molecule has 0 saturated carbocycles. The maximum Gasteiger partial charge on any atom is 0.190 e. The normalized spacial score (nSPS) is 11.4. The molecule has 0 aliphatic heterocycles. The minimum absolute atomic E-state index is 0.0416. The van der Waals surface area contributed by atoms with Crippen LogP contribution in [0.3, 0.4) is 0 Å². The topological polar surface area (TPSA) is 61.9 Å². The first-order valence-corrected chi connectivity index (χ1v) is 6.51. The first-order valence-electron chi connectivity index (χ1n) is 6.51. The molecule has 3 nitrogen and oxygen atoms in total. The van der Waals surface area contributed by atoms with Crippen LogP contribution >= 0.6 is 0 Å². The van der Waals surface area contributed by atoms with Crippen LogP contribution in [0.2, 0.25) is 0 Å². The summed E-state index contributed by atoms with van der Waals surface area (Å²) >= 11 is 0. The predicted molar refractivity (Wildman–Crippen MR) is 85.7 cm³/mol. The fraction of sp³-hybridized carbons (Fsp3) is 0. The van der Waals surface area contributed by atoms with E-state index in [0.717, 1.165) is 11.1 Å². The van der Waals surface area contributed by atoms with E-state index in [-0.39, 0.29) is 5.96 Å². The van der Waals surface area contributed by atoms with Crippen LogP contribution in [0.15, 0.2) is 54.6 Å². The Hall–Kier alpha value is -2.81. The van der Waals surface area contributed by atoms with E-state index < -0.39 is 0 Å². The molecule has 0 aliphatic rings. The Balaban J connectivity index is 2.23. The van der Waals surface area contributed by atoms with Gasteiger partial charge in [0.2, 0.25) is 0 Å². The average molecular weight is 259 g/mol. The van der Waals surface area contributed by atoms with Crippen molar-refractivity contribution in [2.45, 2.75) is 0 Å². The zero-order valence-electron chi connectivity index (χ0n) is 10.8. The summed E-state index contributed by atoms with van der Waals surface area (Å²) in [6, 6.07) is 18.9. The van der Waals surface area contributed by atoms with Crippen molar-refractivity contribution in [3.05, 3.63) is 54.6 Å². The van der Waals surface area contributed by atoms with Crippen molar-refractivity contribution >= 4 is 44.0 Å². The Labute approximate surface area is 115 Å². The Morgan fingerprint density at radius 3 is 2.10 bits per heavy atom. The third kappa shape index (κ3) is 1.43. The number of nitrogens with one attached hydrogen (secondary N) is 2. The summed E-state index contributed by atoms with van der Waals surface area (Å²) in [4.78, 5) is 0. The van der Waals surface area contributed by atoms with Crippen LogP contribution in [0.1, 0.15) is 0 Å². The Morgan fingerprint density at radius 1 is 0.800 bits per heavy atom. The smallest absolute Gasteiger partial charge is 0.190 e. The molecule has 0 spiro atoms. The van der Waals surface area contributed by atoms with Crippen molar-refractivity contribution in [2.24, 2.45) is 5.73 Å². The van der Waals surface area contributed by atoms with Crippen molar-refractivity contribution < 1.29 is 0 Å². The summed E-state index contributed by atoms with van der Waals surface area (Å²) in [7, 11) is 0. The van der Waals surface area contributed by atoms with E-state index in [0.29, 0.717) is 0 Å². The second-order valence-electron chi connectivity index (χ2n) is 5.01. The van der Waals surface area contributed by atoms with Crippen LogP contribution in [0.25, 0.3) is 32.3 Å². The first kappa shape index (κ1) is 11.1. The molecule has 4 rings (SSSR count). The molecule has 0 unspecified atom stereocenters. The second kappa shape index (κ2) is 3.84. The molecule has 96 valence electrons. The van der Waals surface area contributed by atoms with Gasteiger partial charge in [0.15, 0.2) is 5.96 Å². The highest BCUT2D eigenvalue weighted by molar-refractivity contribution is 6.25. The molecule has 0 bridgehead atoms. The van der Waals surface area contributed by atoms with Gasteiger partial charge in [-0.3, -0.25) is 5.41 Å². The minimum atomic E-state index is -0.0416. The minimum Gasteiger partial charge on any atom is -0.370 e. The highest BCUT2D eigenvalue weighted by Gasteiger charge is 2.10. The van der Waals surface area contributed by atoms with Gasteiger partial charge in [0.25, 0.3) is 0 Å². The zero-order chi connectivity index (χ0) is 13.7. The van der Waals surface area contributed by atoms with Crippen LogP contribution in [0.4, 0.5) is 5.69 Å². The van der Waals surface area contributed by atoms with Crippen LogP contribution in [-0.4, -0.2) is 5.96 Å². The van der Waals surface area contributed by atoms with Gasteiger partial charge in [0.05, 0.1) is 0 Å². The Kier molecular flexibility index (Phi) is 2.12. The van der Waals surface area contributed by atoms with Gasteiger partial charge >= 0.3 is 0 Å². The number of benzene rings is 4. The first-order chi connectivity index (χ1) is 9.74. The van der Waals surface area contributed by atoms with Gasteiger partial charge in [-0.2, -0.15) is 0 Å². The third-order valence-corrected chi connectivity index (χ3v) is 3.80. The summed E-state index contributed by atoms with van der Waals surface area (Å²) in [5.41, 5.74) is 6.35. The predicted octanol–water partition coefficient (Wildman–Crippen LogP) is 3.89. The molecule has 0 heterocycles. The number of hydrogen-bond donors (Lipinski definition) is 3. The molecule has 4 aromatic carbocycles. The molecule has 0 atom stereocenters. The number of guanidine groups is 1. The highest BCUT2D eigenvalue weighted by atomic mass is 15.0. The summed E-state index contributed by atoms with van der Waals surface area (Å²) in [5, 5.41) is 17.6. The van der Waals surface area contributed by atoms with Gasteiger partial charge in [-0.15, -0.1) is 0 Å². The van der Waals surface area contributed by atoms with Crippen LogP contribution in [-0.2, 0) is 0 Å². The van der Waals surface area contributed by atoms with Crippen molar-refractivity contribution in [3.8, 4) is 0 Å². The lowest BCUT2D eigenvalue weighted by Gasteiger charge is -2.14. The lowest BCUT2D eigenvalue weighted by molar-refractivity contribution is 1.42. The molecule has 0 radical (unpaired) electrons. The van der Waals surface area contributed by atoms with Crippen LogP contribution < -0.4 is 11.1 Å². The number of anilines is 1. The lowest BCUT2D eigenvalue weighted by Crippen LogP contribution is -2.20. The van der Waals surface area contributed by atoms with E-state index in [9.17, 15) is 0 Å². The molecule has 0 aliphatic carbocycles. The maximum atomic E-state index is 7.43. The monoisotopic (exact) mass is 259 g/mol. The Morgan fingerprint density at radius 2 is 1.40 bits per heavy atom. The van der Waals surface area contributed by atoms with Gasteiger partial charge in [-0.05, 0) is 33.0 Å². The van der Waals surface area contributed by atoms with E-state index in [2.05, 4.69) is 53.8 Å². The molecule has 0 fully saturated rings. The maximum absolute atomic E-state index is 7.43. The van der Waals surface area contributed by atoms with Crippen molar-refractivity contribution in [2.75, 3.05) is 5.32 Å². The molecule has 0 saturated heterocycles. The fourth-order valence-corrected chi connectivity index (χ4v) is 2.99. The summed E-state index contributed by atoms with van der Waals surface area (Å²) in [6.07, 6.45) is 0. The van der Waals surface area contributed by atoms with Gasteiger partial charge < -0.3 is 11.1 Å². The van der Waals surface area contributed by atoms with Crippen LogP contribution in [0, 0.1) is 5.41 Å². The molecular weight excluding hydrogens is 246 g/mol. The van der Waals surface area contributed by atoms with Crippen LogP contribution in [0.5, 0.6) is 0 Å². The van der Waals surface area contributed by atoms with Crippen molar-refractivity contribution in [3.63, 3.8) is 0 Å². The van der Waals surface area contributed by atoms with E-state index in [1.54, 1.807) is 0 Å². The van der Waals surface area contributed by atoms with E-state index >= 15 is 0 Å². The van der Waals surface area contributed by atoms with Gasteiger partial charge in [0, 0.05) is 11.1 Å². The third-order valence-electron chi connectivity index (χ3n) is 3.80. The number of nitrogens with two attached hydrogens (primary N) is 1. The lowest BCUT2D eigenvalue weighted by atomic mass is 9.93. The molecule has 20 heavy (non-hydrogen) atoms. The van der Waals surface area contributed by atoms with Gasteiger partial charge in [0.1, 0.15) is 0 Å². The fourth-order valence-electron chi connectivity index (χ4n) is 2.99. The van der Waals surface area contributed by atoms with Crippen molar-refractivity contribution in [1.82, 2.24) is 0 Å². The molecule has 0 amide bonds. The highest BCUT2D eigenvalue weighted by Crippen LogP contribution is 2.37. The zero-order valence-corrected chi connectivity index (χ0v) is 10.8. The van der Waals surface area contributed by atoms with E-state index in [1.807, 2.05) is 6.07 Å². The molecule has 4 N–H and O–H groups in total.